The monoisotopic (exact) mass is 231 g/mol. The lowest BCUT2D eigenvalue weighted by atomic mass is 10.2. The molecule has 0 saturated heterocycles. The van der Waals surface area contributed by atoms with Gasteiger partial charge in [0.05, 0.1) is 18.5 Å². The summed E-state index contributed by atoms with van der Waals surface area (Å²) in [5.41, 5.74) is 4.12. The Morgan fingerprint density at radius 3 is 3.12 bits per heavy atom. The number of rotatable bonds is 3. The first kappa shape index (κ1) is 11.2. The van der Waals surface area contributed by atoms with Gasteiger partial charge in [-0.15, -0.1) is 0 Å². The minimum absolute atomic E-state index is 0.327. The number of amides is 1. The zero-order valence-electron chi connectivity index (χ0n) is 9.43. The van der Waals surface area contributed by atoms with E-state index >= 15 is 0 Å². The normalized spacial score (nSPS) is 10.9. The number of ether oxygens (including phenoxy) is 1. The number of aromatic nitrogens is 1. The number of benzene rings is 1. The number of nitrogens with zero attached hydrogens (tertiary/aromatic N) is 1. The van der Waals surface area contributed by atoms with Crippen molar-refractivity contribution < 1.29 is 9.53 Å². The number of hydrogen-bond donors (Lipinski definition) is 2. The fraction of sp³-hybridized carbons (Fsp3) is 0.167. The van der Waals surface area contributed by atoms with Gasteiger partial charge >= 0.3 is 6.09 Å². The first-order chi connectivity index (χ1) is 8.29. The molecule has 0 bridgehead atoms. The van der Waals surface area contributed by atoms with Crippen molar-refractivity contribution in [1.29, 1.82) is 0 Å². The van der Waals surface area contributed by atoms with Gasteiger partial charge in [0.2, 0.25) is 0 Å². The van der Waals surface area contributed by atoms with Gasteiger partial charge in [0.1, 0.15) is 0 Å². The first-order valence-corrected chi connectivity index (χ1v) is 5.33. The molecular formula is C12H13N3O2. The Hall–Kier alpha value is -2.30. The Balaban J connectivity index is 2.03. The van der Waals surface area contributed by atoms with E-state index in [1.807, 2.05) is 30.3 Å². The van der Waals surface area contributed by atoms with E-state index in [-0.39, 0.29) is 0 Å². The summed E-state index contributed by atoms with van der Waals surface area (Å²) in [7, 11) is 0. The number of nitrogens with one attached hydrogen (secondary N) is 2. The van der Waals surface area contributed by atoms with Crippen LogP contribution in [0.25, 0.3) is 10.9 Å². The fourth-order valence-corrected chi connectivity index (χ4v) is 1.48. The third-order valence-corrected chi connectivity index (χ3v) is 2.19. The third-order valence-electron chi connectivity index (χ3n) is 2.19. The number of hydrogen-bond acceptors (Lipinski definition) is 3. The summed E-state index contributed by atoms with van der Waals surface area (Å²) in [6.07, 6.45) is 0.983. The van der Waals surface area contributed by atoms with Crippen LogP contribution in [0.5, 0.6) is 0 Å². The quantitative estimate of drug-likeness (QED) is 0.628. The minimum atomic E-state index is -0.556. The average molecular weight is 231 g/mol. The molecule has 1 amide bonds. The Labute approximate surface area is 98.5 Å². The number of fused-ring (bicyclic) bond motifs is 1. The largest absolute Gasteiger partial charge is 0.449 e. The standard InChI is InChI=1S/C12H13N3O2/c1-2-17-12(16)15-13-8-10-7-9-5-3-4-6-11(9)14-10/h3-8,14H,2H2,1H3,(H,15,16). The van der Waals surface area contributed by atoms with Gasteiger partial charge in [-0.05, 0) is 19.1 Å². The lowest BCUT2D eigenvalue weighted by molar-refractivity contribution is 0.152. The van der Waals surface area contributed by atoms with Gasteiger partial charge in [0.25, 0.3) is 0 Å². The summed E-state index contributed by atoms with van der Waals surface area (Å²) in [6.45, 7) is 2.06. The van der Waals surface area contributed by atoms with Crippen LogP contribution >= 0.6 is 0 Å². The second-order valence-corrected chi connectivity index (χ2v) is 3.40. The zero-order valence-corrected chi connectivity index (χ0v) is 9.43. The lowest BCUT2D eigenvalue weighted by Crippen LogP contribution is -2.18. The summed E-state index contributed by atoms with van der Waals surface area (Å²) < 4.78 is 4.66. The van der Waals surface area contributed by atoms with E-state index in [2.05, 4.69) is 20.2 Å². The van der Waals surface area contributed by atoms with Gasteiger partial charge in [-0.1, -0.05) is 18.2 Å². The van der Waals surface area contributed by atoms with Gasteiger partial charge in [-0.25, -0.2) is 10.2 Å². The molecule has 5 heteroatoms. The zero-order chi connectivity index (χ0) is 12.1. The highest BCUT2D eigenvalue weighted by molar-refractivity contribution is 5.89. The van der Waals surface area contributed by atoms with Crippen molar-refractivity contribution in [2.75, 3.05) is 6.61 Å². The van der Waals surface area contributed by atoms with Crippen molar-refractivity contribution in [3.63, 3.8) is 0 Å². The van der Waals surface area contributed by atoms with Crippen molar-refractivity contribution >= 4 is 23.2 Å². The Morgan fingerprint density at radius 1 is 1.53 bits per heavy atom. The average Bonchev–Trinajstić information content (AvgIpc) is 2.71. The summed E-state index contributed by atoms with van der Waals surface area (Å²) in [5, 5.41) is 4.88. The van der Waals surface area contributed by atoms with Crippen LogP contribution in [-0.2, 0) is 4.74 Å². The number of carbonyl (C=O) groups is 1. The molecule has 0 radical (unpaired) electrons. The number of H-pyrrole nitrogens is 1. The van der Waals surface area contributed by atoms with Gasteiger partial charge < -0.3 is 9.72 Å². The maximum absolute atomic E-state index is 10.9. The van der Waals surface area contributed by atoms with E-state index in [1.165, 1.54) is 6.21 Å². The molecule has 1 aromatic heterocycles. The molecule has 88 valence electrons. The van der Waals surface area contributed by atoms with Crippen LogP contribution in [-0.4, -0.2) is 23.9 Å². The molecule has 0 saturated carbocycles. The van der Waals surface area contributed by atoms with E-state index in [9.17, 15) is 4.79 Å². The summed E-state index contributed by atoms with van der Waals surface area (Å²) in [4.78, 5) is 14.1. The second-order valence-electron chi connectivity index (χ2n) is 3.40. The molecule has 0 aliphatic rings. The molecule has 17 heavy (non-hydrogen) atoms. The molecule has 0 atom stereocenters. The van der Waals surface area contributed by atoms with Gasteiger partial charge in [0.15, 0.2) is 0 Å². The van der Waals surface area contributed by atoms with E-state index in [1.54, 1.807) is 6.92 Å². The van der Waals surface area contributed by atoms with Crippen molar-refractivity contribution in [3.05, 3.63) is 36.0 Å². The van der Waals surface area contributed by atoms with Crippen LogP contribution in [0, 0.1) is 0 Å². The molecule has 0 fully saturated rings. The maximum atomic E-state index is 10.9. The molecule has 2 N–H and O–H groups in total. The minimum Gasteiger partial charge on any atom is -0.449 e. The summed E-state index contributed by atoms with van der Waals surface area (Å²) in [5.74, 6) is 0. The lowest BCUT2D eigenvalue weighted by Gasteiger charge is -1.97. The Morgan fingerprint density at radius 2 is 2.35 bits per heavy atom. The number of hydrazone groups is 1. The smallest absolute Gasteiger partial charge is 0.427 e. The third kappa shape index (κ3) is 2.84. The number of para-hydroxylation sites is 1. The SMILES string of the molecule is CCOC(=O)NN=Cc1cc2ccccc2[nH]1. The Kier molecular flexibility index (Phi) is 3.40. The molecule has 0 unspecified atom stereocenters. The van der Waals surface area contributed by atoms with Crippen molar-refractivity contribution in [2.24, 2.45) is 5.10 Å². The number of carbonyl (C=O) groups excluding carboxylic acids is 1. The van der Waals surface area contributed by atoms with Crippen LogP contribution in [0.4, 0.5) is 4.79 Å². The topological polar surface area (TPSA) is 66.5 Å². The van der Waals surface area contributed by atoms with Crippen LogP contribution in [0.15, 0.2) is 35.4 Å². The highest BCUT2D eigenvalue weighted by Gasteiger charge is 1.98. The molecule has 0 aliphatic carbocycles. The fourth-order valence-electron chi connectivity index (χ4n) is 1.48. The van der Waals surface area contributed by atoms with Crippen LogP contribution in [0.3, 0.4) is 0 Å². The maximum Gasteiger partial charge on any atom is 0.427 e. The molecule has 1 aromatic carbocycles. The van der Waals surface area contributed by atoms with Crippen molar-refractivity contribution in [3.8, 4) is 0 Å². The molecule has 1 heterocycles. The van der Waals surface area contributed by atoms with Crippen LogP contribution < -0.4 is 5.43 Å². The molecule has 0 aliphatic heterocycles. The van der Waals surface area contributed by atoms with Gasteiger partial charge in [-0.2, -0.15) is 5.10 Å². The van der Waals surface area contributed by atoms with E-state index in [0.717, 1.165) is 16.6 Å². The van der Waals surface area contributed by atoms with Crippen molar-refractivity contribution in [1.82, 2.24) is 10.4 Å². The second kappa shape index (κ2) is 5.16. The Bertz CT molecular complexity index is 512. The molecule has 2 aromatic rings. The molecule has 5 nitrogen and oxygen atoms in total. The summed E-state index contributed by atoms with van der Waals surface area (Å²) in [6, 6.07) is 9.85. The van der Waals surface area contributed by atoms with E-state index < -0.39 is 6.09 Å². The number of aromatic amines is 1. The molecule has 0 spiro atoms. The van der Waals surface area contributed by atoms with Crippen LogP contribution in [0.2, 0.25) is 0 Å². The first-order valence-electron chi connectivity index (χ1n) is 5.33. The van der Waals surface area contributed by atoms with E-state index in [4.69, 9.17) is 0 Å². The predicted molar refractivity (Wildman–Crippen MR) is 66.1 cm³/mol. The highest BCUT2D eigenvalue weighted by atomic mass is 16.5. The highest BCUT2D eigenvalue weighted by Crippen LogP contribution is 2.12. The molecule has 2 rings (SSSR count). The van der Waals surface area contributed by atoms with Crippen LogP contribution in [0.1, 0.15) is 12.6 Å². The summed E-state index contributed by atoms with van der Waals surface area (Å²) >= 11 is 0. The van der Waals surface area contributed by atoms with Crippen molar-refractivity contribution in [2.45, 2.75) is 6.92 Å². The molecular weight excluding hydrogens is 218 g/mol. The predicted octanol–water partition coefficient (Wildman–Crippen LogP) is 2.25. The van der Waals surface area contributed by atoms with Gasteiger partial charge in [0, 0.05) is 10.9 Å². The van der Waals surface area contributed by atoms with E-state index in [0.29, 0.717) is 6.61 Å². The van der Waals surface area contributed by atoms with Gasteiger partial charge in [-0.3, -0.25) is 0 Å².